The lowest BCUT2D eigenvalue weighted by Gasteiger charge is -2.13. The van der Waals surface area contributed by atoms with Crippen molar-refractivity contribution in [2.24, 2.45) is 0 Å². The summed E-state index contributed by atoms with van der Waals surface area (Å²) in [5.74, 6) is 0.737. The predicted octanol–water partition coefficient (Wildman–Crippen LogP) is 2.21. The van der Waals surface area contributed by atoms with Crippen molar-refractivity contribution >= 4 is 22.3 Å². The molecule has 2 rings (SSSR count). The topological polar surface area (TPSA) is 59.3 Å². The van der Waals surface area contributed by atoms with Crippen LogP contribution in [-0.4, -0.2) is 24.0 Å². The molecule has 0 saturated carbocycles. The molecule has 0 aliphatic heterocycles. The quantitative estimate of drug-likeness (QED) is 0.571. The van der Waals surface area contributed by atoms with Gasteiger partial charge in [0.15, 0.2) is 0 Å². The van der Waals surface area contributed by atoms with Crippen molar-refractivity contribution in [2.45, 2.75) is 0 Å². The highest BCUT2D eigenvalue weighted by atomic mass is 16.6. The lowest BCUT2D eigenvalue weighted by Crippen LogP contribution is -2.11. The van der Waals surface area contributed by atoms with E-state index >= 15 is 0 Å². The molecule has 1 heterocycles. The molecule has 0 bridgehead atoms. The van der Waals surface area contributed by atoms with Crippen LogP contribution in [-0.2, 0) is 0 Å². The molecule has 1 aromatic carbocycles. The minimum Gasteiger partial charge on any atom is -0.362 e. The summed E-state index contributed by atoms with van der Waals surface area (Å²) >= 11 is 0. The van der Waals surface area contributed by atoms with E-state index in [1.54, 1.807) is 18.3 Å². The number of aromatic nitrogens is 1. The van der Waals surface area contributed by atoms with E-state index in [1.165, 1.54) is 6.07 Å². The summed E-state index contributed by atoms with van der Waals surface area (Å²) in [7, 11) is 3.72. The minimum absolute atomic E-state index is 0.114. The number of non-ortho nitro benzene ring substituents is 1. The first kappa shape index (κ1) is 10.4. The third kappa shape index (κ3) is 1.56. The zero-order valence-electron chi connectivity index (χ0n) is 9.04. The maximum atomic E-state index is 10.9. The monoisotopic (exact) mass is 217 g/mol. The molecule has 0 spiro atoms. The molecule has 82 valence electrons. The van der Waals surface area contributed by atoms with Crippen molar-refractivity contribution in [3.8, 4) is 0 Å². The lowest BCUT2D eigenvalue weighted by molar-refractivity contribution is -0.383. The standard InChI is InChI=1S/C11H11N3O2/c1-13(2)11-9-4-3-5-10(14(15)16)8(9)6-7-12-11/h3-7H,1-2H3. The molecule has 5 nitrogen and oxygen atoms in total. The van der Waals surface area contributed by atoms with Gasteiger partial charge >= 0.3 is 0 Å². The first-order chi connectivity index (χ1) is 7.61. The molecule has 0 N–H and O–H groups in total. The molecule has 0 unspecified atom stereocenters. The summed E-state index contributed by atoms with van der Waals surface area (Å²) in [5, 5.41) is 12.3. The van der Waals surface area contributed by atoms with Gasteiger partial charge in [-0.15, -0.1) is 0 Å². The van der Waals surface area contributed by atoms with E-state index < -0.39 is 0 Å². The Morgan fingerprint density at radius 1 is 1.25 bits per heavy atom. The molecule has 5 heteroatoms. The lowest BCUT2D eigenvalue weighted by atomic mass is 10.1. The highest BCUT2D eigenvalue weighted by Crippen LogP contribution is 2.29. The molecule has 16 heavy (non-hydrogen) atoms. The average molecular weight is 217 g/mol. The molecule has 1 aromatic heterocycles. The van der Waals surface area contributed by atoms with Gasteiger partial charge in [-0.2, -0.15) is 0 Å². The van der Waals surface area contributed by atoms with Crippen LogP contribution in [0.2, 0.25) is 0 Å². The fourth-order valence-corrected chi connectivity index (χ4v) is 1.69. The molecule has 0 aliphatic rings. The van der Waals surface area contributed by atoms with E-state index in [4.69, 9.17) is 0 Å². The summed E-state index contributed by atoms with van der Waals surface area (Å²) in [6.45, 7) is 0. The second kappa shape index (κ2) is 3.77. The number of nitro benzene ring substituents is 1. The summed E-state index contributed by atoms with van der Waals surface area (Å²) in [4.78, 5) is 16.5. The second-order valence-electron chi connectivity index (χ2n) is 3.66. The number of pyridine rings is 1. The van der Waals surface area contributed by atoms with Gasteiger partial charge in [-0.1, -0.05) is 12.1 Å². The minimum atomic E-state index is -0.373. The third-order valence-corrected chi connectivity index (χ3v) is 2.38. The number of nitrogens with zero attached hydrogens (tertiary/aromatic N) is 3. The van der Waals surface area contributed by atoms with Gasteiger partial charge < -0.3 is 4.90 Å². The van der Waals surface area contributed by atoms with E-state index in [0.717, 1.165) is 11.2 Å². The Kier molecular flexibility index (Phi) is 2.44. The van der Waals surface area contributed by atoms with Crippen molar-refractivity contribution in [1.29, 1.82) is 0 Å². The smallest absolute Gasteiger partial charge is 0.277 e. The molecule has 0 amide bonds. The highest BCUT2D eigenvalue weighted by Gasteiger charge is 2.13. The van der Waals surface area contributed by atoms with Crippen LogP contribution in [0.25, 0.3) is 10.8 Å². The van der Waals surface area contributed by atoms with Gasteiger partial charge in [0.05, 0.1) is 10.3 Å². The Morgan fingerprint density at radius 3 is 2.62 bits per heavy atom. The van der Waals surface area contributed by atoms with Crippen LogP contribution in [0.3, 0.4) is 0 Å². The Bertz CT molecular complexity index is 552. The van der Waals surface area contributed by atoms with Crippen LogP contribution in [0.4, 0.5) is 11.5 Å². The van der Waals surface area contributed by atoms with Crippen molar-refractivity contribution < 1.29 is 4.92 Å². The highest BCUT2D eigenvalue weighted by molar-refractivity contribution is 5.97. The summed E-state index contributed by atoms with van der Waals surface area (Å²) < 4.78 is 0. The Hall–Kier alpha value is -2.17. The Morgan fingerprint density at radius 2 is 2.00 bits per heavy atom. The van der Waals surface area contributed by atoms with Crippen molar-refractivity contribution in [3.05, 3.63) is 40.6 Å². The van der Waals surface area contributed by atoms with Gasteiger partial charge in [0.2, 0.25) is 0 Å². The van der Waals surface area contributed by atoms with E-state index in [1.807, 2.05) is 25.1 Å². The van der Waals surface area contributed by atoms with Crippen LogP contribution >= 0.6 is 0 Å². The molecule has 0 saturated heterocycles. The fourth-order valence-electron chi connectivity index (χ4n) is 1.69. The SMILES string of the molecule is CN(C)c1nccc2c([N+](=O)[O-])cccc12. The number of hydrogen-bond acceptors (Lipinski definition) is 4. The number of hydrogen-bond donors (Lipinski definition) is 0. The van der Waals surface area contributed by atoms with Gasteiger partial charge in [-0.25, -0.2) is 4.98 Å². The van der Waals surface area contributed by atoms with Crippen molar-refractivity contribution in [3.63, 3.8) is 0 Å². The first-order valence-electron chi connectivity index (χ1n) is 4.80. The normalized spacial score (nSPS) is 10.4. The van der Waals surface area contributed by atoms with Gasteiger partial charge in [0.1, 0.15) is 5.82 Å². The Labute approximate surface area is 92.5 Å². The average Bonchev–Trinajstić information content (AvgIpc) is 2.27. The summed E-state index contributed by atoms with van der Waals surface area (Å²) in [6, 6.07) is 6.68. The molecule has 2 aromatic rings. The molecule has 0 fully saturated rings. The van der Waals surface area contributed by atoms with Crippen LogP contribution in [0, 0.1) is 10.1 Å². The maximum Gasteiger partial charge on any atom is 0.277 e. The third-order valence-electron chi connectivity index (χ3n) is 2.38. The molecular weight excluding hydrogens is 206 g/mol. The molecule has 0 radical (unpaired) electrons. The summed E-state index contributed by atoms with van der Waals surface area (Å²) in [5.41, 5.74) is 0.114. The number of benzene rings is 1. The van der Waals surface area contributed by atoms with Gasteiger partial charge in [-0.3, -0.25) is 10.1 Å². The van der Waals surface area contributed by atoms with E-state index in [0.29, 0.717) is 5.39 Å². The summed E-state index contributed by atoms with van der Waals surface area (Å²) in [6.07, 6.45) is 1.59. The number of rotatable bonds is 2. The van der Waals surface area contributed by atoms with E-state index in [-0.39, 0.29) is 10.6 Å². The second-order valence-corrected chi connectivity index (χ2v) is 3.66. The fraction of sp³-hybridized carbons (Fsp3) is 0.182. The van der Waals surface area contributed by atoms with Gasteiger partial charge in [-0.05, 0) is 6.07 Å². The number of anilines is 1. The zero-order valence-corrected chi connectivity index (χ0v) is 9.04. The van der Waals surface area contributed by atoms with Gasteiger partial charge in [0.25, 0.3) is 5.69 Å². The first-order valence-corrected chi connectivity index (χ1v) is 4.80. The molecular formula is C11H11N3O2. The van der Waals surface area contributed by atoms with Crippen LogP contribution in [0.15, 0.2) is 30.5 Å². The van der Waals surface area contributed by atoms with Crippen molar-refractivity contribution in [1.82, 2.24) is 4.98 Å². The van der Waals surface area contributed by atoms with Crippen LogP contribution < -0.4 is 4.90 Å². The molecule has 0 aliphatic carbocycles. The van der Waals surface area contributed by atoms with Gasteiger partial charge in [0, 0.05) is 31.7 Å². The zero-order chi connectivity index (χ0) is 11.7. The van der Waals surface area contributed by atoms with E-state index in [2.05, 4.69) is 4.98 Å². The van der Waals surface area contributed by atoms with Crippen LogP contribution in [0.5, 0.6) is 0 Å². The van der Waals surface area contributed by atoms with Crippen LogP contribution in [0.1, 0.15) is 0 Å². The Balaban J connectivity index is 2.81. The van der Waals surface area contributed by atoms with E-state index in [9.17, 15) is 10.1 Å². The largest absolute Gasteiger partial charge is 0.362 e. The molecule has 0 atom stereocenters. The number of fused-ring (bicyclic) bond motifs is 1. The number of nitro groups is 1. The van der Waals surface area contributed by atoms with Crippen molar-refractivity contribution in [2.75, 3.05) is 19.0 Å². The maximum absolute atomic E-state index is 10.9. The predicted molar refractivity (Wildman–Crippen MR) is 62.7 cm³/mol.